The Balaban J connectivity index is 1.54. The highest BCUT2D eigenvalue weighted by molar-refractivity contribution is 5.68. The summed E-state index contributed by atoms with van der Waals surface area (Å²) in [7, 11) is 0. The molecule has 204 valence electrons. The van der Waals surface area contributed by atoms with Gasteiger partial charge in [0.05, 0.1) is 0 Å². The van der Waals surface area contributed by atoms with Crippen molar-refractivity contribution in [3.63, 3.8) is 0 Å². The Morgan fingerprint density at radius 1 is 0.917 bits per heavy atom. The monoisotopic (exact) mass is 500 g/mol. The lowest BCUT2D eigenvalue weighted by Crippen LogP contribution is -2.55. The standard InChI is InChI=1S/C32H52O4/c1-19(2)20(3)9-10-21(4)25-13-14-26-24-11-12-28-30(36-23(6)34)29(35-22(5)33)16-18-32(28,8)27(24)15-17-31(25,26)7/h12,19-21,24-27,29-30H,9-11,13-18H2,1-8H3. The van der Waals surface area contributed by atoms with Gasteiger partial charge in [0.2, 0.25) is 0 Å². The van der Waals surface area contributed by atoms with Gasteiger partial charge in [0.1, 0.15) is 6.10 Å². The number of esters is 2. The first-order valence-electron chi connectivity index (χ1n) is 14.9. The largest absolute Gasteiger partial charge is 0.458 e. The van der Waals surface area contributed by atoms with Crippen LogP contribution in [0.4, 0.5) is 0 Å². The van der Waals surface area contributed by atoms with E-state index in [4.69, 9.17) is 9.47 Å². The Hall–Kier alpha value is -1.32. The molecule has 0 aromatic carbocycles. The van der Waals surface area contributed by atoms with E-state index < -0.39 is 6.10 Å². The molecular formula is C32H52O4. The predicted octanol–water partition coefficient (Wildman–Crippen LogP) is 7.75. The van der Waals surface area contributed by atoms with E-state index in [2.05, 4.69) is 47.6 Å². The Kier molecular flexibility index (Phi) is 8.04. The lowest BCUT2D eigenvalue weighted by molar-refractivity contribution is -0.170. The Bertz CT molecular complexity index is 860. The van der Waals surface area contributed by atoms with Crippen molar-refractivity contribution in [3.8, 4) is 0 Å². The zero-order valence-corrected chi connectivity index (χ0v) is 24.3. The van der Waals surface area contributed by atoms with Gasteiger partial charge in [-0.1, -0.05) is 60.5 Å². The Morgan fingerprint density at radius 2 is 1.61 bits per heavy atom. The number of rotatable bonds is 7. The van der Waals surface area contributed by atoms with E-state index in [1.54, 1.807) is 0 Å². The number of allylic oxidation sites excluding steroid dienone is 1. The number of fused-ring (bicyclic) bond motifs is 5. The van der Waals surface area contributed by atoms with E-state index in [0.29, 0.717) is 17.3 Å². The van der Waals surface area contributed by atoms with E-state index in [9.17, 15) is 9.59 Å². The highest BCUT2D eigenvalue weighted by atomic mass is 16.6. The summed E-state index contributed by atoms with van der Waals surface area (Å²) in [5, 5.41) is 0. The molecule has 4 heteroatoms. The van der Waals surface area contributed by atoms with Crippen LogP contribution in [0.15, 0.2) is 11.6 Å². The Morgan fingerprint density at radius 3 is 2.25 bits per heavy atom. The third-order valence-corrected chi connectivity index (χ3v) is 11.7. The summed E-state index contributed by atoms with van der Waals surface area (Å²) in [6, 6.07) is 0. The van der Waals surface area contributed by atoms with E-state index in [-0.39, 0.29) is 23.5 Å². The van der Waals surface area contributed by atoms with Crippen LogP contribution in [-0.2, 0) is 19.1 Å². The quantitative estimate of drug-likeness (QED) is 0.265. The van der Waals surface area contributed by atoms with Gasteiger partial charge in [-0.2, -0.15) is 0 Å². The van der Waals surface area contributed by atoms with Crippen LogP contribution in [0.1, 0.15) is 113 Å². The van der Waals surface area contributed by atoms with Crippen molar-refractivity contribution >= 4 is 11.9 Å². The molecular weight excluding hydrogens is 448 g/mol. The van der Waals surface area contributed by atoms with E-state index >= 15 is 0 Å². The molecule has 0 spiro atoms. The maximum atomic E-state index is 12.0. The molecule has 0 radical (unpaired) electrons. The van der Waals surface area contributed by atoms with Crippen LogP contribution in [0.3, 0.4) is 0 Å². The lowest BCUT2D eigenvalue weighted by Gasteiger charge is -2.59. The second-order valence-electron chi connectivity index (χ2n) is 13.9. The molecule has 0 heterocycles. The highest BCUT2D eigenvalue weighted by Gasteiger charge is 2.60. The fourth-order valence-electron chi connectivity index (χ4n) is 9.37. The van der Waals surface area contributed by atoms with Gasteiger partial charge < -0.3 is 9.47 Å². The topological polar surface area (TPSA) is 52.6 Å². The summed E-state index contributed by atoms with van der Waals surface area (Å²) in [5.74, 6) is 4.77. The maximum absolute atomic E-state index is 12.0. The van der Waals surface area contributed by atoms with Crippen LogP contribution in [0.2, 0.25) is 0 Å². The molecule has 4 nitrogen and oxygen atoms in total. The zero-order chi connectivity index (χ0) is 26.4. The number of carbonyl (C=O) groups is 2. The first-order valence-corrected chi connectivity index (χ1v) is 14.9. The number of hydrogen-bond acceptors (Lipinski definition) is 4. The smallest absolute Gasteiger partial charge is 0.303 e. The molecule has 0 aliphatic heterocycles. The molecule has 36 heavy (non-hydrogen) atoms. The second-order valence-corrected chi connectivity index (χ2v) is 13.9. The van der Waals surface area contributed by atoms with E-state index in [0.717, 1.165) is 48.9 Å². The molecule has 10 atom stereocenters. The van der Waals surface area contributed by atoms with Crippen molar-refractivity contribution in [2.75, 3.05) is 0 Å². The van der Waals surface area contributed by atoms with Gasteiger partial charge in [-0.3, -0.25) is 9.59 Å². The molecule has 10 unspecified atom stereocenters. The minimum absolute atomic E-state index is 0.0252. The van der Waals surface area contributed by atoms with Crippen LogP contribution in [0.25, 0.3) is 0 Å². The molecule has 0 N–H and O–H groups in total. The summed E-state index contributed by atoms with van der Waals surface area (Å²) < 4.78 is 11.5. The van der Waals surface area contributed by atoms with Gasteiger partial charge in [-0.15, -0.1) is 0 Å². The van der Waals surface area contributed by atoms with E-state index in [1.165, 1.54) is 57.9 Å². The average Bonchev–Trinajstić information content (AvgIpc) is 3.15. The minimum atomic E-state index is -0.432. The zero-order valence-electron chi connectivity index (χ0n) is 24.3. The third kappa shape index (κ3) is 4.92. The molecule has 0 aromatic heterocycles. The third-order valence-electron chi connectivity index (χ3n) is 11.7. The van der Waals surface area contributed by atoms with E-state index in [1.807, 2.05) is 0 Å². The summed E-state index contributed by atoms with van der Waals surface area (Å²) >= 11 is 0. The van der Waals surface area contributed by atoms with Gasteiger partial charge in [-0.25, -0.2) is 0 Å². The molecule has 4 aliphatic carbocycles. The van der Waals surface area contributed by atoms with Crippen molar-refractivity contribution < 1.29 is 19.1 Å². The van der Waals surface area contributed by atoms with Gasteiger partial charge in [0, 0.05) is 13.8 Å². The molecule has 4 rings (SSSR count). The number of ether oxygens (including phenoxy) is 2. The van der Waals surface area contributed by atoms with Gasteiger partial charge >= 0.3 is 11.9 Å². The summed E-state index contributed by atoms with van der Waals surface area (Å²) in [5.41, 5.74) is 1.70. The number of carbonyl (C=O) groups excluding carboxylic acids is 2. The van der Waals surface area contributed by atoms with Gasteiger partial charge in [0.15, 0.2) is 6.10 Å². The van der Waals surface area contributed by atoms with Gasteiger partial charge in [-0.05, 0) is 103 Å². The normalized spacial score (nSPS) is 41.4. The van der Waals surface area contributed by atoms with Gasteiger partial charge in [0.25, 0.3) is 0 Å². The summed E-state index contributed by atoms with van der Waals surface area (Å²) in [4.78, 5) is 23.8. The fraction of sp³-hybridized carbons (Fsp3) is 0.875. The molecule has 0 aromatic rings. The number of hydrogen-bond donors (Lipinski definition) is 0. The van der Waals surface area contributed by atoms with Crippen molar-refractivity contribution in [1.82, 2.24) is 0 Å². The molecule has 0 bridgehead atoms. The van der Waals surface area contributed by atoms with Crippen molar-refractivity contribution in [1.29, 1.82) is 0 Å². The van der Waals surface area contributed by atoms with Crippen LogP contribution >= 0.6 is 0 Å². The minimum Gasteiger partial charge on any atom is -0.458 e. The average molecular weight is 501 g/mol. The first-order chi connectivity index (χ1) is 16.9. The fourth-order valence-corrected chi connectivity index (χ4v) is 9.37. The first kappa shape index (κ1) is 27.7. The summed E-state index contributed by atoms with van der Waals surface area (Å²) in [6.45, 7) is 17.7. The molecule has 3 saturated carbocycles. The summed E-state index contributed by atoms with van der Waals surface area (Å²) in [6.07, 6.45) is 12.5. The van der Waals surface area contributed by atoms with Crippen LogP contribution in [0.5, 0.6) is 0 Å². The molecule has 0 amide bonds. The maximum Gasteiger partial charge on any atom is 0.303 e. The molecule has 3 fully saturated rings. The molecule has 0 saturated heterocycles. The Labute approximate surface area is 220 Å². The van der Waals surface area contributed by atoms with Crippen LogP contribution in [-0.4, -0.2) is 24.1 Å². The predicted molar refractivity (Wildman–Crippen MR) is 144 cm³/mol. The molecule has 4 aliphatic rings. The SMILES string of the molecule is CC(=O)OC1CCC2(C)C(=CCC3C2CCC2(C)C(C(C)CCC(C)C(C)C)CCC32)C1OC(C)=O. The lowest BCUT2D eigenvalue weighted by atomic mass is 9.46. The van der Waals surface area contributed by atoms with Crippen molar-refractivity contribution in [2.45, 2.75) is 125 Å². The van der Waals surface area contributed by atoms with Crippen molar-refractivity contribution in [3.05, 3.63) is 11.6 Å². The van der Waals surface area contributed by atoms with Crippen LogP contribution < -0.4 is 0 Å². The van der Waals surface area contributed by atoms with Crippen molar-refractivity contribution in [2.24, 2.45) is 52.3 Å². The highest BCUT2D eigenvalue weighted by Crippen LogP contribution is 2.67. The second kappa shape index (κ2) is 10.4. The van der Waals surface area contributed by atoms with Crippen LogP contribution in [0, 0.1) is 52.3 Å².